The number of ether oxygens (including phenoxy) is 1. The van der Waals surface area contributed by atoms with Gasteiger partial charge >= 0.3 is 0 Å². The van der Waals surface area contributed by atoms with Crippen LogP contribution in [0.5, 0.6) is 0 Å². The molecule has 0 aromatic heterocycles. The molecule has 4 heteroatoms. The number of rotatable bonds is 6. The van der Waals surface area contributed by atoms with Gasteiger partial charge in [-0.25, -0.2) is 0 Å². The van der Waals surface area contributed by atoms with Crippen molar-refractivity contribution in [2.24, 2.45) is 0 Å². The van der Waals surface area contributed by atoms with E-state index in [1.807, 2.05) is 36.9 Å². The maximum absolute atomic E-state index is 9.97. The normalized spacial score (nSPS) is 13.1. The predicted octanol–water partition coefficient (Wildman–Crippen LogP) is 1.54. The average Bonchev–Trinajstić information content (AvgIpc) is 2.29. The molecule has 1 rings (SSSR count). The molecule has 1 unspecified atom stereocenters. The van der Waals surface area contributed by atoms with E-state index in [2.05, 4.69) is 0 Å². The van der Waals surface area contributed by atoms with E-state index in [0.717, 1.165) is 5.56 Å². The van der Waals surface area contributed by atoms with Crippen molar-refractivity contribution < 1.29 is 14.3 Å². The highest BCUT2D eigenvalue weighted by Crippen LogP contribution is 2.15. The molecule has 0 fully saturated rings. The van der Waals surface area contributed by atoms with Gasteiger partial charge in [0, 0.05) is 7.11 Å². The summed E-state index contributed by atoms with van der Waals surface area (Å²) in [6.45, 7) is 3.08. The summed E-state index contributed by atoms with van der Waals surface area (Å²) >= 11 is 0. The molecule has 1 aromatic rings. The van der Waals surface area contributed by atoms with Crippen LogP contribution in [0.3, 0.4) is 0 Å². The fourth-order valence-electron chi connectivity index (χ4n) is 1.23. The van der Waals surface area contributed by atoms with Crippen LogP contribution in [0.25, 0.3) is 0 Å². The number of methoxy groups -OCH3 is 1. The SMILES string of the molecule is COCCO[Si](C)C(O)c1ccccc1. The van der Waals surface area contributed by atoms with E-state index in [1.54, 1.807) is 7.11 Å². The molecule has 1 atom stereocenters. The van der Waals surface area contributed by atoms with Crippen LogP contribution in [0.4, 0.5) is 0 Å². The first kappa shape index (κ1) is 12.4. The molecule has 0 amide bonds. The maximum Gasteiger partial charge on any atom is 0.243 e. The molecular formula is C11H17O3Si. The van der Waals surface area contributed by atoms with E-state index in [4.69, 9.17) is 9.16 Å². The molecule has 83 valence electrons. The van der Waals surface area contributed by atoms with Crippen molar-refractivity contribution in [3.63, 3.8) is 0 Å². The number of aliphatic hydroxyl groups is 1. The summed E-state index contributed by atoms with van der Waals surface area (Å²) in [6.07, 6.45) is 0. The van der Waals surface area contributed by atoms with Gasteiger partial charge < -0.3 is 14.3 Å². The minimum absolute atomic E-state index is 0.479. The summed E-state index contributed by atoms with van der Waals surface area (Å²) < 4.78 is 10.4. The van der Waals surface area contributed by atoms with Crippen LogP contribution in [0.1, 0.15) is 11.3 Å². The zero-order valence-corrected chi connectivity index (χ0v) is 10.1. The summed E-state index contributed by atoms with van der Waals surface area (Å²) in [5, 5.41) is 9.97. The quantitative estimate of drug-likeness (QED) is 0.589. The fourth-order valence-corrected chi connectivity index (χ4v) is 2.46. The summed E-state index contributed by atoms with van der Waals surface area (Å²) in [4.78, 5) is 0. The van der Waals surface area contributed by atoms with E-state index in [-0.39, 0.29) is 0 Å². The Morgan fingerprint density at radius 2 is 1.93 bits per heavy atom. The topological polar surface area (TPSA) is 38.7 Å². The number of hydrogen-bond acceptors (Lipinski definition) is 3. The van der Waals surface area contributed by atoms with Gasteiger partial charge in [-0.2, -0.15) is 0 Å². The van der Waals surface area contributed by atoms with Gasteiger partial charge in [-0.3, -0.25) is 0 Å². The minimum atomic E-state index is -1.22. The van der Waals surface area contributed by atoms with Crippen molar-refractivity contribution in [3.05, 3.63) is 35.9 Å². The Morgan fingerprint density at radius 3 is 2.53 bits per heavy atom. The van der Waals surface area contributed by atoms with Crippen LogP contribution in [0.15, 0.2) is 30.3 Å². The average molecular weight is 225 g/mol. The Hall–Kier alpha value is -0.683. The highest BCUT2D eigenvalue weighted by molar-refractivity contribution is 6.51. The Morgan fingerprint density at radius 1 is 1.27 bits per heavy atom. The third-order valence-electron chi connectivity index (χ3n) is 2.12. The van der Waals surface area contributed by atoms with Crippen LogP contribution in [-0.4, -0.2) is 34.5 Å². The van der Waals surface area contributed by atoms with Crippen LogP contribution in [0, 0.1) is 0 Å². The third-order valence-corrected chi connectivity index (χ3v) is 3.88. The van der Waals surface area contributed by atoms with Crippen LogP contribution < -0.4 is 0 Å². The van der Waals surface area contributed by atoms with Crippen molar-refractivity contribution in [2.45, 2.75) is 12.3 Å². The van der Waals surface area contributed by atoms with E-state index in [0.29, 0.717) is 13.2 Å². The van der Waals surface area contributed by atoms with Gasteiger partial charge in [0.05, 0.1) is 18.9 Å². The highest BCUT2D eigenvalue weighted by Gasteiger charge is 2.19. The first-order valence-corrected chi connectivity index (χ1v) is 6.92. The van der Waals surface area contributed by atoms with Crippen molar-refractivity contribution in [1.82, 2.24) is 0 Å². The van der Waals surface area contributed by atoms with Crippen molar-refractivity contribution in [1.29, 1.82) is 0 Å². The van der Waals surface area contributed by atoms with Crippen molar-refractivity contribution >= 4 is 9.04 Å². The molecule has 1 radical (unpaired) electrons. The molecule has 0 saturated heterocycles. The van der Waals surface area contributed by atoms with Gasteiger partial charge in [-0.15, -0.1) is 0 Å². The van der Waals surface area contributed by atoms with Crippen LogP contribution in [-0.2, 0) is 9.16 Å². The molecular weight excluding hydrogens is 208 g/mol. The lowest BCUT2D eigenvalue weighted by Crippen LogP contribution is -2.25. The Balaban J connectivity index is 2.42. The molecule has 15 heavy (non-hydrogen) atoms. The standard InChI is InChI=1S/C11H17O3Si/c1-13-8-9-14-15(2)11(12)10-6-4-3-5-7-10/h3-7,11-12H,8-9H2,1-2H3. The van der Waals surface area contributed by atoms with Crippen LogP contribution in [0.2, 0.25) is 6.55 Å². The molecule has 0 aliphatic heterocycles. The predicted molar refractivity (Wildman–Crippen MR) is 60.8 cm³/mol. The fraction of sp³-hybridized carbons (Fsp3) is 0.455. The molecule has 0 heterocycles. The monoisotopic (exact) mass is 225 g/mol. The lowest BCUT2D eigenvalue weighted by molar-refractivity contribution is 0.134. The second-order valence-corrected chi connectivity index (χ2v) is 5.32. The van der Waals surface area contributed by atoms with Gasteiger partial charge in [-0.1, -0.05) is 30.3 Å². The van der Waals surface area contributed by atoms with Gasteiger partial charge in [0.25, 0.3) is 0 Å². The molecule has 0 spiro atoms. The second-order valence-electron chi connectivity index (χ2n) is 3.27. The lowest BCUT2D eigenvalue weighted by Gasteiger charge is -2.17. The molecule has 0 aliphatic rings. The number of aliphatic hydroxyl groups excluding tert-OH is 1. The van der Waals surface area contributed by atoms with E-state index >= 15 is 0 Å². The van der Waals surface area contributed by atoms with E-state index < -0.39 is 14.8 Å². The summed E-state index contributed by atoms with van der Waals surface area (Å²) in [5.74, 6) is 0. The van der Waals surface area contributed by atoms with Crippen LogP contribution >= 0.6 is 0 Å². The Labute approximate surface area is 92.4 Å². The summed E-state index contributed by atoms with van der Waals surface area (Å²) in [6, 6.07) is 9.60. The van der Waals surface area contributed by atoms with Gasteiger partial charge in [0.1, 0.15) is 0 Å². The molecule has 1 N–H and O–H groups in total. The van der Waals surface area contributed by atoms with Crippen molar-refractivity contribution in [2.75, 3.05) is 20.3 Å². The summed E-state index contributed by atoms with van der Waals surface area (Å²) in [5.41, 5.74) is 0.444. The molecule has 3 nitrogen and oxygen atoms in total. The molecule has 0 saturated carbocycles. The first-order chi connectivity index (χ1) is 7.25. The smallest absolute Gasteiger partial charge is 0.243 e. The zero-order chi connectivity index (χ0) is 11.1. The number of hydrogen-bond donors (Lipinski definition) is 1. The minimum Gasteiger partial charge on any atom is -0.411 e. The van der Waals surface area contributed by atoms with Gasteiger partial charge in [-0.05, 0) is 12.1 Å². The second kappa shape index (κ2) is 6.74. The molecule has 1 aromatic carbocycles. The number of benzene rings is 1. The summed E-state index contributed by atoms with van der Waals surface area (Å²) in [7, 11) is 0.421. The largest absolute Gasteiger partial charge is 0.411 e. The Bertz CT molecular complexity index is 266. The van der Waals surface area contributed by atoms with Gasteiger partial charge in [0.2, 0.25) is 9.04 Å². The van der Waals surface area contributed by atoms with E-state index in [9.17, 15) is 5.11 Å². The molecule has 0 aliphatic carbocycles. The highest BCUT2D eigenvalue weighted by atomic mass is 28.3. The van der Waals surface area contributed by atoms with Gasteiger partial charge in [0.15, 0.2) is 0 Å². The van der Waals surface area contributed by atoms with E-state index in [1.165, 1.54) is 0 Å². The lowest BCUT2D eigenvalue weighted by atomic mass is 10.2. The zero-order valence-electron chi connectivity index (χ0n) is 9.14. The first-order valence-electron chi connectivity index (χ1n) is 4.94. The van der Waals surface area contributed by atoms with Crippen molar-refractivity contribution in [3.8, 4) is 0 Å². The third kappa shape index (κ3) is 4.13. The Kier molecular flexibility index (Phi) is 5.56. The molecule has 0 bridgehead atoms. The maximum atomic E-state index is 9.97.